The maximum absolute atomic E-state index is 12.5. The number of nitrogens with one attached hydrogen (secondary N) is 1. The van der Waals surface area contributed by atoms with Gasteiger partial charge in [-0.25, -0.2) is 0 Å². The highest BCUT2D eigenvalue weighted by atomic mass is 35.5. The van der Waals surface area contributed by atoms with Crippen LogP contribution in [0.1, 0.15) is 26.9 Å². The largest absolute Gasteiger partial charge is 0.490 e. The van der Waals surface area contributed by atoms with Gasteiger partial charge >= 0.3 is 0 Å². The number of carbonyl (C=O) groups excluding carboxylic acids is 2. The molecule has 3 aromatic carbocycles. The van der Waals surface area contributed by atoms with Crippen LogP contribution in [0.3, 0.4) is 0 Å². The van der Waals surface area contributed by atoms with Gasteiger partial charge in [0.1, 0.15) is 17.7 Å². The SMILES string of the molecule is O=C(NCCOc1ccccc1Cl)c1ccc([C@@H]2SCC(=O)N2Cc2ccc(Cl)cc2)cc1. The van der Waals surface area contributed by atoms with Crippen molar-refractivity contribution in [2.75, 3.05) is 18.9 Å². The molecule has 1 atom stereocenters. The summed E-state index contributed by atoms with van der Waals surface area (Å²) in [4.78, 5) is 26.8. The molecule has 0 aromatic heterocycles. The first kappa shape index (κ1) is 23.5. The number of ether oxygens (including phenoxy) is 1. The Kier molecular flexibility index (Phi) is 7.81. The fraction of sp³-hybridized carbons (Fsp3) is 0.200. The van der Waals surface area contributed by atoms with E-state index in [1.807, 2.05) is 53.4 Å². The van der Waals surface area contributed by atoms with Crippen molar-refractivity contribution in [3.63, 3.8) is 0 Å². The fourth-order valence-corrected chi connectivity index (χ4v) is 4.98. The lowest BCUT2D eigenvalue weighted by Gasteiger charge is -2.24. The molecule has 0 bridgehead atoms. The van der Waals surface area contributed by atoms with E-state index in [-0.39, 0.29) is 17.2 Å². The van der Waals surface area contributed by atoms with Gasteiger partial charge in [-0.15, -0.1) is 11.8 Å². The summed E-state index contributed by atoms with van der Waals surface area (Å²) in [6, 6.07) is 22.1. The number of thioether (sulfide) groups is 1. The van der Waals surface area contributed by atoms with Crippen LogP contribution >= 0.6 is 35.0 Å². The molecule has 33 heavy (non-hydrogen) atoms. The van der Waals surface area contributed by atoms with Crippen LogP contribution in [-0.4, -0.2) is 35.6 Å². The average Bonchev–Trinajstić information content (AvgIpc) is 3.19. The van der Waals surface area contributed by atoms with E-state index >= 15 is 0 Å². The number of benzene rings is 3. The number of rotatable bonds is 8. The number of para-hydroxylation sites is 1. The zero-order chi connectivity index (χ0) is 23.2. The lowest BCUT2D eigenvalue weighted by Crippen LogP contribution is -2.28. The van der Waals surface area contributed by atoms with Crippen molar-refractivity contribution in [1.82, 2.24) is 10.2 Å². The summed E-state index contributed by atoms with van der Waals surface area (Å²) in [7, 11) is 0. The van der Waals surface area contributed by atoms with E-state index in [1.54, 1.807) is 36.0 Å². The van der Waals surface area contributed by atoms with E-state index in [1.165, 1.54) is 0 Å². The molecule has 1 fully saturated rings. The third-order valence-electron chi connectivity index (χ3n) is 5.17. The van der Waals surface area contributed by atoms with Gasteiger partial charge in [0.05, 0.1) is 17.3 Å². The minimum absolute atomic E-state index is 0.0886. The van der Waals surface area contributed by atoms with Gasteiger partial charge in [0.25, 0.3) is 5.91 Å². The Hall–Kier alpha value is -2.67. The van der Waals surface area contributed by atoms with E-state index in [4.69, 9.17) is 27.9 Å². The molecule has 4 rings (SSSR count). The van der Waals surface area contributed by atoms with E-state index in [0.29, 0.717) is 46.8 Å². The Morgan fingerprint density at radius 3 is 2.48 bits per heavy atom. The molecular weight excluding hydrogens is 479 g/mol. The van der Waals surface area contributed by atoms with Crippen molar-refractivity contribution in [1.29, 1.82) is 0 Å². The summed E-state index contributed by atoms with van der Waals surface area (Å²) in [5.41, 5.74) is 2.56. The summed E-state index contributed by atoms with van der Waals surface area (Å²) in [5, 5.41) is 3.96. The van der Waals surface area contributed by atoms with Crippen LogP contribution in [0, 0.1) is 0 Å². The van der Waals surface area contributed by atoms with Crippen LogP contribution in [0.15, 0.2) is 72.8 Å². The van der Waals surface area contributed by atoms with Crippen LogP contribution in [0.2, 0.25) is 10.0 Å². The molecule has 1 N–H and O–H groups in total. The standard InChI is InChI=1S/C25H22Cl2N2O3S/c26-20-11-5-17(6-12-20)15-29-23(30)16-33-25(29)19-9-7-18(8-10-19)24(31)28-13-14-32-22-4-2-1-3-21(22)27/h1-12,25H,13-16H2,(H,28,31)/t25-/m0/s1. The molecule has 1 aliphatic rings. The topological polar surface area (TPSA) is 58.6 Å². The molecule has 8 heteroatoms. The van der Waals surface area contributed by atoms with E-state index < -0.39 is 0 Å². The van der Waals surface area contributed by atoms with Gasteiger partial charge in [-0.2, -0.15) is 0 Å². The zero-order valence-corrected chi connectivity index (χ0v) is 20.0. The smallest absolute Gasteiger partial charge is 0.251 e. The summed E-state index contributed by atoms with van der Waals surface area (Å²) in [5.74, 6) is 0.939. The van der Waals surface area contributed by atoms with Crippen molar-refractivity contribution < 1.29 is 14.3 Å². The highest BCUT2D eigenvalue weighted by Crippen LogP contribution is 2.39. The molecule has 1 aliphatic heterocycles. The number of hydrogen-bond donors (Lipinski definition) is 1. The molecule has 1 saturated heterocycles. The molecule has 0 aliphatic carbocycles. The molecule has 170 valence electrons. The lowest BCUT2D eigenvalue weighted by molar-refractivity contribution is -0.128. The first-order chi connectivity index (χ1) is 16.0. The highest BCUT2D eigenvalue weighted by molar-refractivity contribution is 8.00. The van der Waals surface area contributed by atoms with E-state index in [0.717, 1.165) is 11.1 Å². The molecule has 0 unspecified atom stereocenters. The summed E-state index contributed by atoms with van der Waals surface area (Å²) in [6.07, 6.45) is 0. The zero-order valence-electron chi connectivity index (χ0n) is 17.7. The van der Waals surface area contributed by atoms with Gasteiger partial charge in [0.15, 0.2) is 0 Å². The molecule has 5 nitrogen and oxygen atoms in total. The Morgan fingerprint density at radius 1 is 1.03 bits per heavy atom. The third kappa shape index (κ3) is 6.02. The Morgan fingerprint density at radius 2 is 1.76 bits per heavy atom. The van der Waals surface area contributed by atoms with E-state index in [2.05, 4.69) is 5.32 Å². The number of halogens is 2. The van der Waals surface area contributed by atoms with Gasteiger partial charge in [0.2, 0.25) is 5.91 Å². The number of carbonyl (C=O) groups is 2. The quantitative estimate of drug-likeness (QED) is 0.410. The van der Waals surface area contributed by atoms with Crippen molar-refractivity contribution in [2.24, 2.45) is 0 Å². The van der Waals surface area contributed by atoms with Crippen molar-refractivity contribution in [3.05, 3.63) is 99.5 Å². The molecule has 2 amide bonds. The predicted octanol–water partition coefficient (Wildman–Crippen LogP) is 5.58. The fourth-order valence-electron chi connectivity index (χ4n) is 3.48. The first-order valence-electron chi connectivity index (χ1n) is 10.4. The molecular formula is C25H22Cl2N2O3S. The first-order valence-corrected chi connectivity index (χ1v) is 12.2. The summed E-state index contributed by atoms with van der Waals surface area (Å²) < 4.78 is 5.59. The van der Waals surface area contributed by atoms with E-state index in [9.17, 15) is 9.59 Å². The van der Waals surface area contributed by atoms with Gasteiger partial charge in [-0.05, 0) is 47.5 Å². The third-order valence-corrected chi connectivity index (χ3v) is 6.99. The van der Waals surface area contributed by atoms with Crippen LogP contribution in [0.4, 0.5) is 0 Å². The maximum atomic E-state index is 12.5. The average molecular weight is 501 g/mol. The van der Waals surface area contributed by atoms with Gasteiger partial charge in [-0.1, -0.05) is 59.6 Å². The number of hydrogen-bond acceptors (Lipinski definition) is 4. The lowest BCUT2D eigenvalue weighted by atomic mass is 10.1. The molecule has 0 spiro atoms. The minimum atomic E-state index is -0.183. The summed E-state index contributed by atoms with van der Waals surface area (Å²) >= 11 is 13.6. The molecule has 0 saturated carbocycles. The van der Waals surface area contributed by atoms with Crippen LogP contribution in [0.25, 0.3) is 0 Å². The Balaban J connectivity index is 1.32. The van der Waals surface area contributed by atoms with Crippen LogP contribution in [0.5, 0.6) is 5.75 Å². The molecule has 3 aromatic rings. The second-order valence-electron chi connectivity index (χ2n) is 7.47. The Bertz CT molecular complexity index is 1120. The van der Waals surface area contributed by atoms with Gasteiger partial charge in [-0.3, -0.25) is 9.59 Å². The normalized spacial score (nSPS) is 15.5. The van der Waals surface area contributed by atoms with Gasteiger partial charge < -0.3 is 15.0 Å². The highest BCUT2D eigenvalue weighted by Gasteiger charge is 2.32. The predicted molar refractivity (Wildman–Crippen MR) is 133 cm³/mol. The monoisotopic (exact) mass is 500 g/mol. The van der Waals surface area contributed by atoms with Crippen LogP contribution < -0.4 is 10.1 Å². The van der Waals surface area contributed by atoms with Crippen molar-refractivity contribution in [3.8, 4) is 5.75 Å². The maximum Gasteiger partial charge on any atom is 0.251 e. The minimum Gasteiger partial charge on any atom is -0.490 e. The summed E-state index contributed by atoms with van der Waals surface area (Å²) in [6.45, 7) is 1.18. The number of amides is 2. The molecule has 0 radical (unpaired) electrons. The number of nitrogens with zero attached hydrogens (tertiary/aromatic N) is 1. The molecule has 1 heterocycles. The Labute approximate surface area is 207 Å². The van der Waals surface area contributed by atoms with Gasteiger partial charge in [0, 0.05) is 17.1 Å². The second kappa shape index (κ2) is 11.0. The van der Waals surface area contributed by atoms with Crippen LogP contribution in [-0.2, 0) is 11.3 Å². The van der Waals surface area contributed by atoms with Crippen molar-refractivity contribution in [2.45, 2.75) is 11.9 Å². The second-order valence-corrected chi connectivity index (χ2v) is 9.38. The van der Waals surface area contributed by atoms with Crippen molar-refractivity contribution >= 4 is 46.8 Å².